The topological polar surface area (TPSA) is 43.8 Å². The lowest BCUT2D eigenvalue weighted by Gasteiger charge is -2.08. The van der Waals surface area contributed by atoms with Crippen LogP contribution in [0.15, 0.2) is 36.4 Å². The number of fused-ring (bicyclic) bond motifs is 1. The van der Waals surface area contributed by atoms with Gasteiger partial charge in [-0.15, -0.1) is 0 Å². The molecular formula is C13H8ClFIN3. The van der Waals surface area contributed by atoms with E-state index in [9.17, 15) is 4.39 Å². The molecule has 0 saturated heterocycles. The molecule has 1 heterocycles. The van der Waals surface area contributed by atoms with Gasteiger partial charge in [0.25, 0.3) is 0 Å². The average molecular weight is 388 g/mol. The lowest BCUT2D eigenvalue weighted by atomic mass is 10.2. The summed E-state index contributed by atoms with van der Waals surface area (Å²) < 4.78 is 16.6. The Morgan fingerprint density at radius 3 is 2.79 bits per heavy atom. The van der Waals surface area contributed by atoms with Crippen molar-refractivity contribution in [2.75, 3.05) is 5.73 Å². The molecule has 19 heavy (non-hydrogen) atoms. The van der Waals surface area contributed by atoms with Crippen molar-refractivity contribution in [2.24, 2.45) is 0 Å². The Morgan fingerprint density at radius 2 is 2.00 bits per heavy atom. The molecule has 1 aromatic heterocycles. The second-order valence-electron chi connectivity index (χ2n) is 4.03. The van der Waals surface area contributed by atoms with Crippen molar-refractivity contribution in [3.63, 3.8) is 0 Å². The maximum Gasteiger partial charge on any atom is 0.206 e. The van der Waals surface area contributed by atoms with Crippen LogP contribution >= 0.6 is 34.2 Å². The highest BCUT2D eigenvalue weighted by molar-refractivity contribution is 14.1. The number of nitrogens with zero attached hydrogens (tertiary/aromatic N) is 2. The van der Waals surface area contributed by atoms with Gasteiger partial charge in [0.2, 0.25) is 5.95 Å². The van der Waals surface area contributed by atoms with Crippen molar-refractivity contribution in [3.05, 3.63) is 50.8 Å². The van der Waals surface area contributed by atoms with E-state index in [4.69, 9.17) is 17.3 Å². The van der Waals surface area contributed by atoms with Gasteiger partial charge >= 0.3 is 0 Å². The number of halogens is 3. The minimum absolute atomic E-state index is 0.234. The van der Waals surface area contributed by atoms with E-state index in [1.807, 2.05) is 18.2 Å². The van der Waals surface area contributed by atoms with Crippen LogP contribution < -0.4 is 5.73 Å². The molecule has 3 aromatic rings. The van der Waals surface area contributed by atoms with Gasteiger partial charge in [0.05, 0.1) is 16.7 Å². The second-order valence-corrected chi connectivity index (χ2v) is 5.72. The summed E-state index contributed by atoms with van der Waals surface area (Å²) in [7, 11) is 0. The zero-order chi connectivity index (χ0) is 13.6. The predicted molar refractivity (Wildman–Crippen MR) is 83.2 cm³/mol. The van der Waals surface area contributed by atoms with Crippen LogP contribution in [0.4, 0.5) is 10.3 Å². The summed E-state index contributed by atoms with van der Waals surface area (Å²) in [5.74, 6) is -0.160. The Morgan fingerprint density at radius 1 is 1.21 bits per heavy atom. The molecule has 6 heteroatoms. The van der Waals surface area contributed by atoms with Gasteiger partial charge in [-0.1, -0.05) is 11.6 Å². The van der Waals surface area contributed by atoms with Gasteiger partial charge in [0.1, 0.15) is 5.82 Å². The van der Waals surface area contributed by atoms with E-state index < -0.39 is 5.82 Å². The van der Waals surface area contributed by atoms with Crippen molar-refractivity contribution >= 4 is 51.2 Å². The number of aromatic nitrogens is 2. The first-order valence-corrected chi connectivity index (χ1v) is 6.91. The Kier molecular flexibility index (Phi) is 3.10. The highest BCUT2D eigenvalue weighted by Gasteiger charge is 2.14. The van der Waals surface area contributed by atoms with Crippen LogP contribution in [-0.2, 0) is 0 Å². The third-order valence-corrected chi connectivity index (χ3v) is 3.70. The molecule has 0 saturated carbocycles. The number of hydrogen-bond donors (Lipinski definition) is 1. The van der Waals surface area contributed by atoms with Crippen molar-refractivity contribution in [3.8, 4) is 5.69 Å². The van der Waals surface area contributed by atoms with E-state index in [0.29, 0.717) is 10.7 Å². The zero-order valence-electron chi connectivity index (χ0n) is 9.57. The fraction of sp³-hybridized carbons (Fsp3) is 0. The monoisotopic (exact) mass is 387 g/mol. The van der Waals surface area contributed by atoms with Gasteiger partial charge in [-0.25, -0.2) is 9.37 Å². The molecule has 0 aliphatic carbocycles. The molecular weight excluding hydrogens is 380 g/mol. The maximum absolute atomic E-state index is 14.0. The molecule has 0 unspecified atom stereocenters. The molecule has 2 aromatic carbocycles. The number of hydrogen-bond acceptors (Lipinski definition) is 2. The van der Waals surface area contributed by atoms with Gasteiger partial charge in [-0.05, 0) is 59.0 Å². The number of rotatable bonds is 1. The predicted octanol–water partition coefficient (Wildman–Crippen LogP) is 4.00. The zero-order valence-corrected chi connectivity index (χ0v) is 12.5. The van der Waals surface area contributed by atoms with E-state index in [-0.39, 0.29) is 5.95 Å². The SMILES string of the molecule is Nc1nc2cc(I)ccc2n1-c1cc(Cl)ccc1F. The van der Waals surface area contributed by atoms with Crippen LogP contribution in [0.5, 0.6) is 0 Å². The summed E-state index contributed by atoms with van der Waals surface area (Å²) in [6.45, 7) is 0. The minimum Gasteiger partial charge on any atom is -0.369 e. The molecule has 3 rings (SSSR count). The van der Waals surface area contributed by atoms with Crippen molar-refractivity contribution in [1.82, 2.24) is 9.55 Å². The normalized spacial score (nSPS) is 11.1. The Labute approximate surface area is 127 Å². The summed E-state index contributed by atoms with van der Waals surface area (Å²) in [6.07, 6.45) is 0. The number of nitrogens with two attached hydrogens (primary N) is 1. The molecule has 0 aliphatic rings. The van der Waals surface area contributed by atoms with Crippen LogP contribution in [0.2, 0.25) is 5.02 Å². The first-order valence-electron chi connectivity index (χ1n) is 5.45. The van der Waals surface area contributed by atoms with E-state index >= 15 is 0 Å². The molecule has 96 valence electrons. The Bertz CT molecular complexity index is 785. The van der Waals surface area contributed by atoms with Crippen LogP contribution in [0.25, 0.3) is 16.7 Å². The number of imidazole rings is 1. The first kappa shape index (κ1) is 12.7. The highest BCUT2D eigenvalue weighted by Crippen LogP contribution is 2.27. The number of anilines is 1. The smallest absolute Gasteiger partial charge is 0.206 e. The summed E-state index contributed by atoms with van der Waals surface area (Å²) in [5.41, 5.74) is 7.67. The van der Waals surface area contributed by atoms with E-state index in [0.717, 1.165) is 14.6 Å². The fourth-order valence-corrected chi connectivity index (χ4v) is 2.62. The van der Waals surface area contributed by atoms with Crippen molar-refractivity contribution in [1.29, 1.82) is 0 Å². The van der Waals surface area contributed by atoms with Gasteiger partial charge in [0.15, 0.2) is 0 Å². The number of nitrogen functional groups attached to an aromatic ring is 1. The Hall–Kier alpha value is -1.34. The van der Waals surface area contributed by atoms with Crippen LogP contribution in [0, 0.1) is 9.39 Å². The van der Waals surface area contributed by atoms with Crippen LogP contribution in [0.3, 0.4) is 0 Å². The van der Waals surface area contributed by atoms with E-state index in [1.54, 1.807) is 4.57 Å². The van der Waals surface area contributed by atoms with Gasteiger partial charge < -0.3 is 5.73 Å². The summed E-state index contributed by atoms with van der Waals surface area (Å²) in [4.78, 5) is 4.25. The molecule has 3 nitrogen and oxygen atoms in total. The minimum atomic E-state index is -0.394. The quantitative estimate of drug-likeness (QED) is 0.641. The summed E-state index contributed by atoms with van der Waals surface area (Å²) in [6, 6.07) is 10.0. The molecule has 0 bridgehead atoms. The largest absolute Gasteiger partial charge is 0.369 e. The van der Waals surface area contributed by atoms with Gasteiger partial charge in [-0.2, -0.15) is 0 Å². The lowest BCUT2D eigenvalue weighted by molar-refractivity contribution is 0.620. The molecule has 0 aliphatic heterocycles. The molecule has 0 radical (unpaired) electrons. The van der Waals surface area contributed by atoms with Crippen molar-refractivity contribution in [2.45, 2.75) is 0 Å². The third kappa shape index (κ3) is 2.17. The number of benzene rings is 2. The highest BCUT2D eigenvalue weighted by atomic mass is 127. The second kappa shape index (κ2) is 4.64. The molecule has 0 fully saturated rings. The first-order chi connectivity index (χ1) is 9.06. The molecule has 0 spiro atoms. The third-order valence-electron chi connectivity index (χ3n) is 2.79. The van der Waals surface area contributed by atoms with Gasteiger partial charge in [-0.3, -0.25) is 4.57 Å². The standard InChI is InChI=1S/C13H8ClFIN3/c14-7-1-3-9(15)12(5-7)19-11-4-2-8(16)6-10(11)18-13(19)17/h1-6H,(H2,17,18). The summed E-state index contributed by atoms with van der Waals surface area (Å²) >= 11 is 8.11. The fourth-order valence-electron chi connectivity index (χ4n) is 1.98. The van der Waals surface area contributed by atoms with E-state index in [2.05, 4.69) is 27.6 Å². The maximum atomic E-state index is 14.0. The Balaban J connectivity index is 2.36. The van der Waals surface area contributed by atoms with Crippen molar-refractivity contribution < 1.29 is 4.39 Å². The van der Waals surface area contributed by atoms with E-state index in [1.165, 1.54) is 18.2 Å². The van der Waals surface area contributed by atoms with Crippen LogP contribution in [-0.4, -0.2) is 9.55 Å². The summed E-state index contributed by atoms with van der Waals surface area (Å²) in [5, 5.41) is 0.447. The van der Waals surface area contributed by atoms with Crippen LogP contribution in [0.1, 0.15) is 0 Å². The average Bonchev–Trinajstić information content (AvgIpc) is 2.67. The van der Waals surface area contributed by atoms with Gasteiger partial charge in [0, 0.05) is 8.59 Å². The molecule has 0 amide bonds. The molecule has 0 atom stereocenters. The molecule has 2 N–H and O–H groups in total. The lowest BCUT2D eigenvalue weighted by Crippen LogP contribution is -2.02.